The fourth-order valence-corrected chi connectivity index (χ4v) is 3.13. The summed E-state index contributed by atoms with van der Waals surface area (Å²) in [6.07, 6.45) is 3.50. The van der Waals surface area contributed by atoms with Crippen molar-refractivity contribution in [2.75, 3.05) is 0 Å². The highest BCUT2D eigenvalue weighted by atomic mass is 35.5. The highest BCUT2D eigenvalue weighted by Gasteiger charge is 2.27. The quantitative estimate of drug-likeness (QED) is 0.820. The fraction of sp³-hybridized carbons (Fsp3) is 0.529. The standard InChI is InChI=1S/C17H21Cl2NO3/c1-10-5-3-4-6-15(10)20-16(21)11(2)23-17(22)13-9-12(18)7-8-14(13)19/h7-11,15H,3-6H2,1-2H3,(H,20,21)/t10-,11-,15-/m1/s1. The minimum Gasteiger partial charge on any atom is -0.449 e. The van der Waals surface area contributed by atoms with Gasteiger partial charge in [-0.05, 0) is 43.9 Å². The molecule has 0 spiro atoms. The molecular formula is C17H21Cl2NO3. The molecule has 4 nitrogen and oxygen atoms in total. The van der Waals surface area contributed by atoms with Gasteiger partial charge in [0.25, 0.3) is 5.91 Å². The predicted octanol–water partition coefficient (Wildman–Crippen LogP) is 4.23. The average Bonchev–Trinajstić information content (AvgIpc) is 2.51. The van der Waals surface area contributed by atoms with Crippen molar-refractivity contribution in [1.82, 2.24) is 5.32 Å². The van der Waals surface area contributed by atoms with Crippen LogP contribution in [0.15, 0.2) is 18.2 Å². The van der Waals surface area contributed by atoms with Gasteiger partial charge in [-0.2, -0.15) is 0 Å². The molecule has 6 heteroatoms. The summed E-state index contributed by atoms with van der Waals surface area (Å²) < 4.78 is 5.22. The smallest absolute Gasteiger partial charge is 0.340 e. The molecule has 0 heterocycles. The second-order valence-corrected chi connectivity index (χ2v) is 6.89. The summed E-state index contributed by atoms with van der Waals surface area (Å²) in [5.41, 5.74) is 0.157. The Kier molecular flexibility index (Phi) is 6.31. The van der Waals surface area contributed by atoms with Crippen molar-refractivity contribution in [2.24, 2.45) is 5.92 Å². The largest absolute Gasteiger partial charge is 0.449 e. The maximum atomic E-state index is 12.2. The summed E-state index contributed by atoms with van der Waals surface area (Å²) in [5.74, 6) is -0.495. The number of amides is 1. The van der Waals surface area contributed by atoms with Crippen LogP contribution in [0.2, 0.25) is 10.0 Å². The van der Waals surface area contributed by atoms with Gasteiger partial charge in [-0.1, -0.05) is 43.0 Å². The van der Waals surface area contributed by atoms with E-state index in [1.807, 2.05) is 0 Å². The maximum absolute atomic E-state index is 12.2. The third-order valence-electron chi connectivity index (χ3n) is 4.24. The van der Waals surface area contributed by atoms with Crippen LogP contribution < -0.4 is 5.32 Å². The van der Waals surface area contributed by atoms with Crippen LogP contribution in [0.1, 0.15) is 49.9 Å². The van der Waals surface area contributed by atoms with Gasteiger partial charge in [-0.3, -0.25) is 4.79 Å². The van der Waals surface area contributed by atoms with Crippen LogP contribution in [0.5, 0.6) is 0 Å². The van der Waals surface area contributed by atoms with E-state index >= 15 is 0 Å². The van der Waals surface area contributed by atoms with Gasteiger partial charge in [0, 0.05) is 11.1 Å². The molecule has 3 atom stereocenters. The zero-order chi connectivity index (χ0) is 17.0. The molecule has 126 valence electrons. The van der Waals surface area contributed by atoms with Crippen molar-refractivity contribution in [1.29, 1.82) is 0 Å². The molecule has 0 saturated heterocycles. The van der Waals surface area contributed by atoms with Gasteiger partial charge in [0.05, 0.1) is 10.6 Å². The van der Waals surface area contributed by atoms with Crippen molar-refractivity contribution in [3.8, 4) is 0 Å². The SMILES string of the molecule is C[C@@H]1CCCC[C@H]1NC(=O)[C@@H](C)OC(=O)c1cc(Cl)ccc1Cl. The van der Waals surface area contributed by atoms with Crippen molar-refractivity contribution in [3.05, 3.63) is 33.8 Å². The Hall–Kier alpha value is -1.26. The summed E-state index contributed by atoms with van der Waals surface area (Å²) in [5, 5.41) is 3.60. The molecule has 1 aromatic rings. The molecule has 0 aliphatic heterocycles. The van der Waals surface area contributed by atoms with Gasteiger partial charge in [0.15, 0.2) is 6.10 Å². The molecule has 1 N–H and O–H groups in total. The van der Waals surface area contributed by atoms with Crippen LogP contribution in [0.25, 0.3) is 0 Å². The van der Waals surface area contributed by atoms with Crippen LogP contribution in [0.3, 0.4) is 0 Å². The van der Waals surface area contributed by atoms with E-state index in [1.165, 1.54) is 18.6 Å². The number of halogens is 2. The number of carbonyl (C=O) groups is 2. The highest BCUT2D eigenvalue weighted by molar-refractivity contribution is 6.35. The lowest BCUT2D eigenvalue weighted by atomic mass is 9.86. The molecule has 0 unspecified atom stereocenters. The van der Waals surface area contributed by atoms with Gasteiger partial charge in [-0.25, -0.2) is 4.79 Å². The second-order valence-electron chi connectivity index (χ2n) is 6.05. The predicted molar refractivity (Wildman–Crippen MR) is 90.9 cm³/mol. The molecule has 23 heavy (non-hydrogen) atoms. The molecule has 1 aliphatic rings. The zero-order valence-corrected chi connectivity index (χ0v) is 14.8. The number of hydrogen-bond acceptors (Lipinski definition) is 3. The number of ether oxygens (including phenoxy) is 1. The molecule has 1 fully saturated rings. The van der Waals surface area contributed by atoms with Gasteiger partial charge in [-0.15, -0.1) is 0 Å². The molecule has 0 aromatic heterocycles. The second kappa shape index (κ2) is 8.02. The highest BCUT2D eigenvalue weighted by Crippen LogP contribution is 2.24. The molecular weight excluding hydrogens is 337 g/mol. The topological polar surface area (TPSA) is 55.4 Å². The molecule has 1 amide bonds. The maximum Gasteiger partial charge on any atom is 0.340 e. The van der Waals surface area contributed by atoms with E-state index in [0.29, 0.717) is 10.9 Å². The first kappa shape index (κ1) is 18.1. The molecule has 0 radical (unpaired) electrons. The van der Waals surface area contributed by atoms with Gasteiger partial charge < -0.3 is 10.1 Å². The van der Waals surface area contributed by atoms with E-state index in [0.717, 1.165) is 19.3 Å². The van der Waals surface area contributed by atoms with E-state index in [2.05, 4.69) is 12.2 Å². The number of esters is 1. The molecule has 1 aromatic carbocycles. The summed E-state index contributed by atoms with van der Waals surface area (Å²) in [6.45, 7) is 3.69. The lowest BCUT2D eigenvalue weighted by Crippen LogP contribution is -2.46. The summed E-state index contributed by atoms with van der Waals surface area (Å²) in [7, 11) is 0. The van der Waals surface area contributed by atoms with E-state index in [-0.39, 0.29) is 22.5 Å². The van der Waals surface area contributed by atoms with Crippen LogP contribution >= 0.6 is 23.2 Å². The van der Waals surface area contributed by atoms with Crippen LogP contribution in [0, 0.1) is 5.92 Å². The molecule has 1 aliphatic carbocycles. The Labute approximate surface area is 146 Å². The first-order chi connectivity index (χ1) is 10.9. The summed E-state index contributed by atoms with van der Waals surface area (Å²) >= 11 is 11.8. The summed E-state index contributed by atoms with van der Waals surface area (Å²) in [4.78, 5) is 24.4. The van der Waals surface area contributed by atoms with Crippen molar-refractivity contribution in [2.45, 2.75) is 51.7 Å². The third-order valence-corrected chi connectivity index (χ3v) is 4.81. The Balaban J connectivity index is 1.94. The average molecular weight is 358 g/mol. The Morgan fingerprint density at radius 3 is 2.65 bits per heavy atom. The van der Waals surface area contributed by atoms with Crippen molar-refractivity contribution >= 4 is 35.1 Å². The number of carbonyl (C=O) groups excluding carboxylic acids is 2. The van der Waals surface area contributed by atoms with Crippen LogP contribution in [0.4, 0.5) is 0 Å². The lowest BCUT2D eigenvalue weighted by molar-refractivity contribution is -0.130. The van der Waals surface area contributed by atoms with Gasteiger partial charge in [0.1, 0.15) is 0 Å². The van der Waals surface area contributed by atoms with Crippen molar-refractivity contribution in [3.63, 3.8) is 0 Å². The normalized spacial score (nSPS) is 22.3. The van der Waals surface area contributed by atoms with E-state index < -0.39 is 12.1 Å². The fourth-order valence-electron chi connectivity index (χ4n) is 2.76. The number of nitrogens with one attached hydrogen (secondary N) is 1. The number of benzene rings is 1. The Bertz CT molecular complexity index is 591. The van der Waals surface area contributed by atoms with E-state index in [4.69, 9.17) is 27.9 Å². The third kappa shape index (κ3) is 4.85. The number of rotatable bonds is 4. The van der Waals surface area contributed by atoms with Gasteiger partial charge >= 0.3 is 5.97 Å². The summed E-state index contributed by atoms with van der Waals surface area (Å²) in [6, 6.07) is 4.68. The van der Waals surface area contributed by atoms with Crippen LogP contribution in [-0.4, -0.2) is 24.0 Å². The zero-order valence-electron chi connectivity index (χ0n) is 13.3. The Morgan fingerprint density at radius 2 is 1.96 bits per heavy atom. The molecule has 2 rings (SSSR count). The van der Waals surface area contributed by atoms with E-state index in [9.17, 15) is 9.59 Å². The molecule has 0 bridgehead atoms. The minimum atomic E-state index is -0.883. The lowest BCUT2D eigenvalue weighted by Gasteiger charge is -2.30. The van der Waals surface area contributed by atoms with Crippen LogP contribution in [-0.2, 0) is 9.53 Å². The minimum absolute atomic E-state index is 0.146. The Morgan fingerprint density at radius 1 is 1.26 bits per heavy atom. The first-order valence-electron chi connectivity index (χ1n) is 7.85. The molecule has 1 saturated carbocycles. The number of hydrogen-bond donors (Lipinski definition) is 1. The van der Waals surface area contributed by atoms with E-state index in [1.54, 1.807) is 13.0 Å². The monoisotopic (exact) mass is 357 g/mol. The van der Waals surface area contributed by atoms with Gasteiger partial charge in [0.2, 0.25) is 0 Å². The van der Waals surface area contributed by atoms with Crippen molar-refractivity contribution < 1.29 is 14.3 Å². The first-order valence-corrected chi connectivity index (χ1v) is 8.60.